The van der Waals surface area contributed by atoms with Crippen molar-refractivity contribution in [2.75, 3.05) is 16.3 Å². The van der Waals surface area contributed by atoms with Gasteiger partial charge in [-0.05, 0) is 61.9 Å². The molecule has 38 heavy (non-hydrogen) atoms. The van der Waals surface area contributed by atoms with E-state index in [2.05, 4.69) is 15.9 Å². The van der Waals surface area contributed by atoms with E-state index < -0.39 is 22.4 Å². The topological polar surface area (TPSA) is 104 Å². The van der Waals surface area contributed by atoms with Crippen LogP contribution in [0.4, 0.5) is 17.1 Å². The number of nitrogens with zero attached hydrogens (tertiary/aromatic N) is 3. The van der Waals surface area contributed by atoms with Crippen LogP contribution in [0.2, 0.25) is 0 Å². The Balaban J connectivity index is 1.41. The number of nitro groups is 1. The molecule has 9 heteroatoms. The van der Waals surface area contributed by atoms with Crippen molar-refractivity contribution in [2.45, 2.75) is 56.6 Å². The quantitative estimate of drug-likeness (QED) is 0.216. The lowest BCUT2D eigenvalue weighted by Crippen LogP contribution is -2.55. The van der Waals surface area contributed by atoms with Crippen LogP contribution in [0.25, 0.3) is 0 Å². The molecule has 2 amide bonds. The number of piperidine rings is 1. The molecular weight excluding hydrogens is 550 g/mol. The molecule has 2 aromatic carbocycles. The van der Waals surface area contributed by atoms with Gasteiger partial charge in [0.05, 0.1) is 34.1 Å². The highest BCUT2D eigenvalue weighted by molar-refractivity contribution is 9.10. The van der Waals surface area contributed by atoms with Crippen molar-refractivity contribution in [2.24, 2.45) is 17.8 Å². The lowest BCUT2D eigenvalue weighted by Gasteiger charge is -2.53. The molecule has 3 fully saturated rings. The third kappa shape index (κ3) is 4.07. The first-order chi connectivity index (χ1) is 18.3. The van der Waals surface area contributed by atoms with E-state index >= 15 is 0 Å². The van der Waals surface area contributed by atoms with Gasteiger partial charge in [0, 0.05) is 23.0 Å². The molecule has 2 aromatic rings. The molecule has 2 heterocycles. The molecule has 1 N–H and O–H groups in total. The van der Waals surface area contributed by atoms with Crippen molar-refractivity contribution >= 4 is 44.8 Å². The van der Waals surface area contributed by atoms with E-state index in [9.17, 15) is 24.8 Å². The van der Waals surface area contributed by atoms with Gasteiger partial charge in [0.2, 0.25) is 11.8 Å². The molecule has 2 saturated heterocycles. The van der Waals surface area contributed by atoms with E-state index in [4.69, 9.17) is 0 Å². The van der Waals surface area contributed by atoms with Gasteiger partial charge in [0.1, 0.15) is 5.69 Å². The minimum Gasteiger partial charge on any atom is -0.389 e. The molecule has 5 atom stereocenters. The molecule has 4 aliphatic rings. The number of hydrogen-bond donors (Lipinski definition) is 1. The van der Waals surface area contributed by atoms with Crippen LogP contribution in [0.1, 0.15) is 56.6 Å². The van der Waals surface area contributed by atoms with Crippen molar-refractivity contribution in [3.8, 4) is 0 Å². The number of fused-ring (bicyclic) bond motifs is 2. The third-order valence-corrected chi connectivity index (χ3v) is 9.54. The maximum atomic E-state index is 13.1. The summed E-state index contributed by atoms with van der Waals surface area (Å²) >= 11 is 3.50. The van der Waals surface area contributed by atoms with E-state index in [0.717, 1.165) is 40.6 Å². The van der Waals surface area contributed by atoms with Crippen molar-refractivity contribution in [3.05, 3.63) is 74.8 Å². The number of halogens is 1. The Morgan fingerprint density at radius 1 is 0.974 bits per heavy atom. The van der Waals surface area contributed by atoms with Gasteiger partial charge in [-0.1, -0.05) is 53.1 Å². The number of carbonyl (C=O) groups is 2. The van der Waals surface area contributed by atoms with Crippen molar-refractivity contribution < 1.29 is 19.6 Å². The minimum atomic E-state index is -0.806. The first kappa shape index (κ1) is 25.2. The Morgan fingerprint density at radius 2 is 1.66 bits per heavy atom. The van der Waals surface area contributed by atoms with Crippen LogP contribution in [-0.2, 0) is 9.59 Å². The van der Waals surface area contributed by atoms with E-state index in [1.54, 1.807) is 12.1 Å². The zero-order valence-corrected chi connectivity index (χ0v) is 22.5. The van der Waals surface area contributed by atoms with Crippen LogP contribution in [0.5, 0.6) is 0 Å². The molecule has 6 rings (SSSR count). The molecule has 0 unspecified atom stereocenters. The van der Waals surface area contributed by atoms with Gasteiger partial charge in [-0.3, -0.25) is 19.7 Å². The molecule has 198 valence electrons. The predicted octanol–water partition coefficient (Wildman–Crippen LogP) is 5.69. The Labute approximate surface area is 229 Å². The molecule has 2 aliphatic heterocycles. The number of nitro benzene ring substituents is 1. The van der Waals surface area contributed by atoms with Crippen LogP contribution in [-0.4, -0.2) is 34.0 Å². The van der Waals surface area contributed by atoms with Crippen LogP contribution in [0, 0.1) is 27.9 Å². The summed E-state index contributed by atoms with van der Waals surface area (Å²) in [6, 6.07) is 12.4. The second kappa shape index (κ2) is 9.61. The van der Waals surface area contributed by atoms with E-state index in [-0.39, 0.29) is 35.1 Å². The predicted molar refractivity (Wildman–Crippen MR) is 147 cm³/mol. The van der Waals surface area contributed by atoms with Crippen LogP contribution in [0.3, 0.4) is 0 Å². The molecule has 2 aliphatic carbocycles. The Morgan fingerprint density at radius 3 is 2.32 bits per heavy atom. The number of amides is 2. The first-order valence-electron chi connectivity index (χ1n) is 13.3. The second-order valence-electron chi connectivity index (χ2n) is 11.0. The van der Waals surface area contributed by atoms with E-state index in [1.165, 1.54) is 6.07 Å². The number of allylic oxidation sites excluding steroid dienone is 2. The highest BCUT2D eigenvalue weighted by Crippen LogP contribution is 2.52. The highest BCUT2D eigenvalue weighted by Gasteiger charge is 2.51. The summed E-state index contributed by atoms with van der Waals surface area (Å²) in [6.07, 6.45) is 8.96. The zero-order chi connectivity index (χ0) is 26.6. The number of aliphatic hydroxyl groups is 1. The second-order valence-corrected chi connectivity index (χ2v) is 11.9. The number of carbonyl (C=O) groups excluding carboxylic acids is 2. The first-order valence-corrected chi connectivity index (χ1v) is 14.1. The van der Waals surface area contributed by atoms with Gasteiger partial charge in [0.25, 0.3) is 5.69 Å². The molecule has 8 nitrogen and oxygen atoms in total. The Bertz CT molecular complexity index is 1300. The summed E-state index contributed by atoms with van der Waals surface area (Å²) in [5, 5.41) is 24.0. The zero-order valence-electron chi connectivity index (χ0n) is 21.0. The van der Waals surface area contributed by atoms with Crippen LogP contribution in [0.15, 0.2) is 59.1 Å². The van der Waals surface area contributed by atoms with Crippen molar-refractivity contribution in [3.63, 3.8) is 0 Å². The largest absolute Gasteiger partial charge is 0.389 e. The van der Waals surface area contributed by atoms with Crippen LogP contribution < -0.4 is 9.80 Å². The van der Waals surface area contributed by atoms with Crippen molar-refractivity contribution in [1.29, 1.82) is 0 Å². The fraction of sp³-hybridized carbons (Fsp3) is 0.448. The lowest BCUT2D eigenvalue weighted by atomic mass is 9.66. The standard InChI is InChI=1S/C29H30BrN3O5/c30-19-10-8-18(9-11-19)26-23-7-3-4-14-29(23,36)15-16-31(26)24-13-12-20(17-25(24)33(37)38)32-27(34)21-5-1-2-6-22(21)28(32)35/h1-2,8-13,17,21-23,26,36H,3-7,14-16H2/t21-,22+,23-,26-,29+/m0/s1. The summed E-state index contributed by atoms with van der Waals surface area (Å²) in [7, 11) is 0. The average Bonchev–Trinajstić information content (AvgIpc) is 3.17. The van der Waals surface area contributed by atoms with Gasteiger partial charge < -0.3 is 10.0 Å². The third-order valence-electron chi connectivity index (χ3n) is 9.01. The number of anilines is 2. The lowest BCUT2D eigenvalue weighted by molar-refractivity contribution is -0.384. The smallest absolute Gasteiger partial charge is 0.294 e. The maximum absolute atomic E-state index is 13.1. The van der Waals surface area contributed by atoms with Crippen molar-refractivity contribution in [1.82, 2.24) is 0 Å². The normalized spacial score (nSPS) is 30.8. The highest BCUT2D eigenvalue weighted by atomic mass is 79.9. The van der Waals surface area contributed by atoms with Crippen LogP contribution >= 0.6 is 15.9 Å². The molecule has 0 bridgehead atoms. The molecule has 1 saturated carbocycles. The van der Waals surface area contributed by atoms with E-state index in [0.29, 0.717) is 31.5 Å². The number of hydrogen-bond acceptors (Lipinski definition) is 6. The summed E-state index contributed by atoms with van der Waals surface area (Å²) in [5.41, 5.74) is 0.742. The summed E-state index contributed by atoms with van der Waals surface area (Å²) in [4.78, 5) is 41.4. The molecule has 0 radical (unpaired) electrons. The van der Waals surface area contributed by atoms with Gasteiger partial charge in [0.15, 0.2) is 0 Å². The minimum absolute atomic E-state index is 0.0668. The number of rotatable bonds is 4. The molecule has 0 aromatic heterocycles. The SMILES string of the molecule is O=C1[C@H]2CC=CC[C@H]2C(=O)N1c1ccc(N2CC[C@]3(O)CCCC[C@H]3[C@@H]2c2ccc(Br)cc2)c([N+](=O)[O-])c1. The maximum Gasteiger partial charge on any atom is 0.294 e. The summed E-state index contributed by atoms with van der Waals surface area (Å²) in [6.45, 7) is 0.464. The molecule has 0 spiro atoms. The fourth-order valence-corrected chi connectivity index (χ4v) is 7.38. The number of benzene rings is 2. The Kier molecular flexibility index (Phi) is 6.39. The van der Waals surface area contributed by atoms with Gasteiger partial charge >= 0.3 is 0 Å². The summed E-state index contributed by atoms with van der Waals surface area (Å²) < 4.78 is 0.938. The van der Waals surface area contributed by atoms with Gasteiger partial charge in [-0.25, -0.2) is 4.90 Å². The molecular formula is C29H30BrN3O5. The fourth-order valence-electron chi connectivity index (χ4n) is 7.12. The van der Waals surface area contributed by atoms with E-state index in [1.807, 2.05) is 41.3 Å². The Hall–Kier alpha value is -3.04. The monoisotopic (exact) mass is 579 g/mol. The van der Waals surface area contributed by atoms with Gasteiger partial charge in [-0.15, -0.1) is 0 Å². The van der Waals surface area contributed by atoms with Gasteiger partial charge in [-0.2, -0.15) is 0 Å². The average molecular weight is 580 g/mol. The number of imide groups is 1. The summed E-state index contributed by atoms with van der Waals surface area (Å²) in [5.74, 6) is -1.45.